The first-order valence-corrected chi connectivity index (χ1v) is 7.87. The Morgan fingerprint density at radius 2 is 1.72 bits per heavy atom. The van der Waals surface area contributed by atoms with Gasteiger partial charge in [0.15, 0.2) is 18.1 Å². The van der Waals surface area contributed by atoms with Crippen molar-refractivity contribution in [2.24, 2.45) is 0 Å². The van der Waals surface area contributed by atoms with Gasteiger partial charge in [-0.25, -0.2) is 9.89 Å². The number of benzene rings is 2. The second kappa shape index (κ2) is 7.09. The molecular formula is C19H16N2O4. The van der Waals surface area contributed by atoms with Gasteiger partial charge in [-0.3, -0.25) is 9.59 Å². The van der Waals surface area contributed by atoms with Crippen LogP contribution in [0.1, 0.15) is 33.3 Å². The van der Waals surface area contributed by atoms with Crippen LogP contribution in [0.4, 0.5) is 0 Å². The minimum atomic E-state index is -0.758. The molecule has 1 heterocycles. The molecule has 126 valence electrons. The van der Waals surface area contributed by atoms with Crippen molar-refractivity contribution >= 4 is 22.5 Å². The highest BCUT2D eigenvalue weighted by Crippen LogP contribution is 2.13. The first-order valence-electron chi connectivity index (χ1n) is 7.87. The van der Waals surface area contributed by atoms with Crippen LogP contribution in [0.25, 0.3) is 10.8 Å². The maximum absolute atomic E-state index is 12.2. The second-order valence-electron chi connectivity index (χ2n) is 5.50. The van der Waals surface area contributed by atoms with Gasteiger partial charge < -0.3 is 4.74 Å². The lowest BCUT2D eigenvalue weighted by atomic mass is 10.1. The fourth-order valence-corrected chi connectivity index (χ4v) is 2.48. The Morgan fingerprint density at radius 1 is 1.04 bits per heavy atom. The van der Waals surface area contributed by atoms with E-state index in [1.54, 1.807) is 36.4 Å². The topological polar surface area (TPSA) is 89.1 Å². The van der Waals surface area contributed by atoms with Crippen LogP contribution in [0.5, 0.6) is 0 Å². The molecular weight excluding hydrogens is 320 g/mol. The number of carbonyl (C=O) groups excluding carboxylic acids is 2. The van der Waals surface area contributed by atoms with E-state index in [9.17, 15) is 14.4 Å². The molecule has 0 aliphatic rings. The van der Waals surface area contributed by atoms with Gasteiger partial charge in [0.05, 0.1) is 5.39 Å². The number of ether oxygens (including phenoxy) is 1. The molecule has 0 fully saturated rings. The molecule has 1 aromatic heterocycles. The molecule has 6 heteroatoms. The molecule has 2 aromatic carbocycles. The van der Waals surface area contributed by atoms with E-state index >= 15 is 0 Å². The first kappa shape index (κ1) is 16.6. The van der Waals surface area contributed by atoms with Crippen molar-refractivity contribution in [3.63, 3.8) is 0 Å². The smallest absolute Gasteiger partial charge is 0.359 e. The fourth-order valence-electron chi connectivity index (χ4n) is 2.48. The Bertz CT molecular complexity index is 990. The van der Waals surface area contributed by atoms with Crippen LogP contribution >= 0.6 is 0 Å². The number of rotatable bonds is 5. The summed E-state index contributed by atoms with van der Waals surface area (Å²) in [5, 5.41) is 6.74. The highest BCUT2D eigenvalue weighted by molar-refractivity contribution is 6.04. The van der Waals surface area contributed by atoms with E-state index in [0.717, 1.165) is 12.0 Å². The number of aromatic amines is 1. The number of carbonyl (C=O) groups is 2. The minimum absolute atomic E-state index is 0.0238. The summed E-state index contributed by atoms with van der Waals surface area (Å²) in [5.41, 5.74) is 1.19. The summed E-state index contributed by atoms with van der Waals surface area (Å²) in [6.45, 7) is 1.64. The number of fused-ring (bicyclic) bond motifs is 1. The van der Waals surface area contributed by atoms with Gasteiger partial charge >= 0.3 is 5.97 Å². The number of ketones is 1. The van der Waals surface area contributed by atoms with Crippen molar-refractivity contribution in [3.05, 3.63) is 75.7 Å². The number of Topliss-reactive ketones (excluding diaryl/α,β-unsaturated/α-hetero) is 1. The van der Waals surface area contributed by atoms with Gasteiger partial charge in [0, 0.05) is 10.9 Å². The minimum Gasteiger partial charge on any atom is -0.452 e. The summed E-state index contributed by atoms with van der Waals surface area (Å²) < 4.78 is 5.08. The largest absolute Gasteiger partial charge is 0.452 e. The average Bonchev–Trinajstić information content (AvgIpc) is 2.66. The van der Waals surface area contributed by atoms with Crippen LogP contribution in [-0.2, 0) is 11.2 Å². The predicted molar refractivity (Wildman–Crippen MR) is 92.8 cm³/mol. The van der Waals surface area contributed by atoms with Gasteiger partial charge in [-0.2, -0.15) is 5.10 Å². The molecule has 0 saturated heterocycles. The average molecular weight is 336 g/mol. The molecule has 0 atom stereocenters. The standard InChI is InChI=1S/C19H16N2O4/c1-2-12-7-9-13(10-8-12)16(22)11-25-19(24)17-14-5-3-4-6-15(14)18(23)21-20-17/h3-10H,2,11H2,1H3,(H,21,23). The quantitative estimate of drug-likeness (QED) is 0.571. The van der Waals surface area contributed by atoms with Crippen LogP contribution in [0.15, 0.2) is 53.3 Å². The molecule has 1 N–H and O–H groups in total. The molecule has 0 radical (unpaired) electrons. The van der Waals surface area contributed by atoms with Crippen LogP contribution < -0.4 is 5.56 Å². The van der Waals surface area contributed by atoms with E-state index in [1.165, 1.54) is 0 Å². The summed E-state index contributed by atoms with van der Waals surface area (Å²) >= 11 is 0. The molecule has 6 nitrogen and oxygen atoms in total. The molecule has 3 rings (SSSR count). The van der Waals surface area contributed by atoms with E-state index in [2.05, 4.69) is 10.2 Å². The Balaban J connectivity index is 1.75. The number of hydrogen-bond donors (Lipinski definition) is 1. The lowest BCUT2D eigenvalue weighted by molar-refractivity contribution is 0.0470. The molecule has 0 bridgehead atoms. The van der Waals surface area contributed by atoms with E-state index in [4.69, 9.17) is 4.74 Å². The number of nitrogens with zero attached hydrogens (tertiary/aromatic N) is 1. The summed E-state index contributed by atoms with van der Waals surface area (Å²) in [6, 6.07) is 13.7. The zero-order chi connectivity index (χ0) is 17.8. The molecule has 0 spiro atoms. The van der Waals surface area contributed by atoms with Gasteiger partial charge in [0.25, 0.3) is 5.56 Å². The Kier molecular flexibility index (Phi) is 4.70. The molecule has 3 aromatic rings. The maximum Gasteiger partial charge on any atom is 0.359 e. The van der Waals surface area contributed by atoms with Gasteiger partial charge in [-0.05, 0) is 18.1 Å². The van der Waals surface area contributed by atoms with Gasteiger partial charge in [0.2, 0.25) is 0 Å². The molecule has 25 heavy (non-hydrogen) atoms. The summed E-state index contributed by atoms with van der Waals surface area (Å²) in [4.78, 5) is 36.1. The summed E-state index contributed by atoms with van der Waals surface area (Å²) in [7, 11) is 0. The van der Waals surface area contributed by atoms with Crippen LogP contribution in [0, 0.1) is 0 Å². The van der Waals surface area contributed by atoms with Crippen molar-refractivity contribution in [3.8, 4) is 0 Å². The van der Waals surface area contributed by atoms with Crippen molar-refractivity contribution in [2.75, 3.05) is 6.61 Å². The third kappa shape index (κ3) is 3.47. The van der Waals surface area contributed by atoms with Gasteiger partial charge in [-0.1, -0.05) is 49.4 Å². The van der Waals surface area contributed by atoms with Crippen molar-refractivity contribution < 1.29 is 14.3 Å². The van der Waals surface area contributed by atoms with Crippen molar-refractivity contribution in [1.82, 2.24) is 10.2 Å². The monoisotopic (exact) mass is 336 g/mol. The van der Waals surface area contributed by atoms with Crippen molar-refractivity contribution in [2.45, 2.75) is 13.3 Å². The lowest BCUT2D eigenvalue weighted by Crippen LogP contribution is -2.19. The SMILES string of the molecule is CCc1ccc(C(=O)COC(=O)c2n[nH]c(=O)c3ccccc23)cc1. The second-order valence-corrected chi connectivity index (χ2v) is 5.50. The third-order valence-electron chi connectivity index (χ3n) is 3.91. The highest BCUT2D eigenvalue weighted by Gasteiger charge is 2.17. The molecule has 0 saturated carbocycles. The van der Waals surface area contributed by atoms with Gasteiger partial charge in [-0.15, -0.1) is 0 Å². The van der Waals surface area contributed by atoms with Crippen LogP contribution in [0.2, 0.25) is 0 Å². The highest BCUT2D eigenvalue weighted by atomic mass is 16.5. The Labute approximate surface area is 143 Å². The van der Waals surface area contributed by atoms with E-state index < -0.39 is 5.97 Å². The molecule has 0 unspecified atom stereocenters. The number of aryl methyl sites for hydroxylation is 1. The predicted octanol–water partition coefficient (Wildman–Crippen LogP) is 2.53. The third-order valence-corrected chi connectivity index (χ3v) is 3.91. The Morgan fingerprint density at radius 3 is 2.40 bits per heavy atom. The summed E-state index contributed by atoms with van der Waals surface area (Å²) in [6.07, 6.45) is 0.883. The number of esters is 1. The fraction of sp³-hybridized carbons (Fsp3) is 0.158. The Hall–Kier alpha value is -3.28. The number of H-pyrrole nitrogens is 1. The van der Waals surface area contributed by atoms with E-state index in [1.807, 2.05) is 19.1 Å². The number of nitrogens with one attached hydrogen (secondary N) is 1. The normalized spacial score (nSPS) is 10.6. The summed E-state index contributed by atoms with van der Waals surface area (Å²) in [5.74, 6) is -1.06. The van der Waals surface area contributed by atoms with E-state index in [0.29, 0.717) is 16.3 Å². The van der Waals surface area contributed by atoms with Gasteiger partial charge in [0.1, 0.15) is 0 Å². The molecule has 0 aliphatic heterocycles. The van der Waals surface area contributed by atoms with Crippen LogP contribution in [0.3, 0.4) is 0 Å². The van der Waals surface area contributed by atoms with Crippen LogP contribution in [-0.4, -0.2) is 28.6 Å². The maximum atomic E-state index is 12.2. The zero-order valence-corrected chi connectivity index (χ0v) is 13.6. The zero-order valence-electron chi connectivity index (χ0n) is 13.6. The van der Waals surface area contributed by atoms with Crippen molar-refractivity contribution in [1.29, 1.82) is 0 Å². The molecule has 0 amide bonds. The first-order chi connectivity index (χ1) is 12.1. The number of aromatic nitrogens is 2. The number of hydrogen-bond acceptors (Lipinski definition) is 5. The van der Waals surface area contributed by atoms with E-state index in [-0.39, 0.29) is 23.6 Å². The lowest BCUT2D eigenvalue weighted by Gasteiger charge is -2.06. The molecule has 0 aliphatic carbocycles.